The molecule has 1 aromatic rings. The second-order valence-corrected chi connectivity index (χ2v) is 10.2. The Labute approximate surface area is 191 Å². The van der Waals surface area contributed by atoms with Gasteiger partial charge in [0.05, 0.1) is 6.54 Å². The van der Waals surface area contributed by atoms with E-state index in [1.54, 1.807) is 12.1 Å². The van der Waals surface area contributed by atoms with Crippen molar-refractivity contribution < 1.29 is 19.4 Å². The minimum absolute atomic E-state index is 0.0179. The van der Waals surface area contributed by atoms with Crippen molar-refractivity contribution in [3.8, 4) is 5.75 Å². The first-order valence-corrected chi connectivity index (χ1v) is 11.5. The average molecular weight is 444 g/mol. The standard InChI is InChI=1S/C25H37N3O4/c1-17(2)21(16-27-11-7-6-8-12-27)26-23(30)22-14-18-9-10-20(29)13-19(18)15-28(22)24(31)32-25(3,4)5/h6-7,9-10,13,17,21-22,29H,8,11-12,14-16H2,1-5H3,(H,26,30)/t21-,22-/m1/s1. The molecule has 0 aromatic heterocycles. The summed E-state index contributed by atoms with van der Waals surface area (Å²) >= 11 is 0. The van der Waals surface area contributed by atoms with Crippen molar-refractivity contribution in [2.45, 2.75) is 71.7 Å². The molecule has 2 N–H and O–H groups in total. The van der Waals surface area contributed by atoms with Crippen LogP contribution in [-0.2, 0) is 22.5 Å². The number of amides is 2. The molecule has 0 unspecified atom stereocenters. The molecule has 0 aliphatic carbocycles. The maximum absolute atomic E-state index is 13.5. The summed E-state index contributed by atoms with van der Waals surface area (Å²) in [7, 11) is 0. The largest absolute Gasteiger partial charge is 0.508 e. The maximum atomic E-state index is 13.5. The van der Waals surface area contributed by atoms with Crippen LogP contribution in [0.4, 0.5) is 4.79 Å². The van der Waals surface area contributed by atoms with E-state index in [2.05, 4.69) is 36.2 Å². The smallest absolute Gasteiger partial charge is 0.411 e. The monoisotopic (exact) mass is 443 g/mol. The van der Waals surface area contributed by atoms with E-state index in [9.17, 15) is 14.7 Å². The number of hydrogen-bond acceptors (Lipinski definition) is 5. The predicted octanol–water partition coefficient (Wildman–Crippen LogP) is 3.46. The Morgan fingerprint density at radius 2 is 1.97 bits per heavy atom. The number of carbonyl (C=O) groups excluding carboxylic acids is 2. The molecule has 2 aliphatic rings. The van der Waals surface area contributed by atoms with Crippen LogP contribution in [0.15, 0.2) is 30.4 Å². The Morgan fingerprint density at radius 3 is 2.59 bits per heavy atom. The quantitative estimate of drug-likeness (QED) is 0.681. The van der Waals surface area contributed by atoms with Gasteiger partial charge in [-0.3, -0.25) is 14.6 Å². The minimum Gasteiger partial charge on any atom is -0.508 e. The van der Waals surface area contributed by atoms with Crippen LogP contribution in [0.1, 0.15) is 52.2 Å². The molecule has 32 heavy (non-hydrogen) atoms. The first-order valence-electron chi connectivity index (χ1n) is 11.5. The van der Waals surface area contributed by atoms with Gasteiger partial charge in [0.2, 0.25) is 5.91 Å². The van der Waals surface area contributed by atoms with Crippen LogP contribution in [0, 0.1) is 5.92 Å². The van der Waals surface area contributed by atoms with E-state index in [4.69, 9.17) is 4.74 Å². The van der Waals surface area contributed by atoms with E-state index in [1.165, 1.54) is 4.90 Å². The lowest BCUT2D eigenvalue weighted by Crippen LogP contribution is -2.57. The van der Waals surface area contributed by atoms with Gasteiger partial charge >= 0.3 is 6.09 Å². The number of phenols is 1. The fourth-order valence-corrected chi connectivity index (χ4v) is 4.15. The molecular weight excluding hydrogens is 406 g/mol. The van der Waals surface area contributed by atoms with E-state index < -0.39 is 17.7 Å². The van der Waals surface area contributed by atoms with Gasteiger partial charge in [0, 0.05) is 32.1 Å². The van der Waals surface area contributed by atoms with Gasteiger partial charge in [-0.05, 0) is 56.4 Å². The van der Waals surface area contributed by atoms with E-state index >= 15 is 0 Å². The number of rotatable bonds is 5. The zero-order chi connectivity index (χ0) is 23.5. The van der Waals surface area contributed by atoms with Crippen molar-refractivity contribution in [2.24, 2.45) is 5.92 Å². The van der Waals surface area contributed by atoms with E-state index in [1.807, 2.05) is 26.8 Å². The second kappa shape index (κ2) is 9.94. The van der Waals surface area contributed by atoms with Gasteiger partial charge in [0.1, 0.15) is 17.4 Å². The molecule has 0 fully saturated rings. The van der Waals surface area contributed by atoms with E-state index in [-0.39, 0.29) is 30.2 Å². The molecule has 7 nitrogen and oxygen atoms in total. The number of hydrogen-bond donors (Lipinski definition) is 2. The Morgan fingerprint density at radius 1 is 1.22 bits per heavy atom. The van der Waals surface area contributed by atoms with Crippen LogP contribution in [0.5, 0.6) is 5.75 Å². The SMILES string of the molecule is CC(C)[C@@H](CN1CC=CCC1)NC(=O)[C@H]1Cc2ccc(O)cc2CN1C(=O)OC(C)(C)C. The maximum Gasteiger partial charge on any atom is 0.411 e. The Hall–Kier alpha value is -2.54. The van der Waals surface area contributed by atoms with Crippen LogP contribution in [-0.4, -0.2) is 64.2 Å². The highest BCUT2D eigenvalue weighted by Gasteiger charge is 2.38. The van der Waals surface area contributed by atoms with Crippen LogP contribution in [0.3, 0.4) is 0 Å². The molecule has 0 radical (unpaired) electrons. The highest BCUT2D eigenvalue weighted by molar-refractivity contribution is 5.87. The number of benzene rings is 1. The van der Waals surface area contributed by atoms with Gasteiger partial charge in [-0.1, -0.05) is 32.1 Å². The number of phenolic OH excluding ortho intramolecular Hbond substituents is 1. The fraction of sp³-hybridized carbons (Fsp3) is 0.600. The Bertz CT molecular complexity index is 859. The van der Waals surface area contributed by atoms with Crippen molar-refractivity contribution in [3.63, 3.8) is 0 Å². The highest BCUT2D eigenvalue weighted by atomic mass is 16.6. The van der Waals surface area contributed by atoms with Gasteiger partial charge in [-0.25, -0.2) is 4.79 Å². The third-order valence-corrected chi connectivity index (χ3v) is 5.98. The van der Waals surface area contributed by atoms with Gasteiger partial charge in [0.25, 0.3) is 0 Å². The molecule has 7 heteroatoms. The summed E-state index contributed by atoms with van der Waals surface area (Å²) in [6, 6.07) is 4.43. The minimum atomic E-state index is -0.667. The molecule has 2 amide bonds. The normalized spacial score (nSPS) is 20.1. The topological polar surface area (TPSA) is 82.1 Å². The zero-order valence-corrected chi connectivity index (χ0v) is 19.9. The molecule has 0 spiro atoms. The van der Waals surface area contributed by atoms with Crippen molar-refractivity contribution in [2.75, 3.05) is 19.6 Å². The summed E-state index contributed by atoms with van der Waals surface area (Å²) in [5.74, 6) is 0.236. The third kappa shape index (κ3) is 6.25. The molecule has 3 rings (SSSR count). The lowest BCUT2D eigenvalue weighted by Gasteiger charge is -2.38. The average Bonchev–Trinajstić information content (AvgIpc) is 2.71. The molecule has 2 heterocycles. The van der Waals surface area contributed by atoms with E-state index in [0.29, 0.717) is 6.42 Å². The number of fused-ring (bicyclic) bond motifs is 1. The number of nitrogens with zero attached hydrogens (tertiary/aromatic N) is 2. The van der Waals surface area contributed by atoms with Crippen molar-refractivity contribution in [1.82, 2.24) is 15.1 Å². The lowest BCUT2D eigenvalue weighted by atomic mass is 9.93. The van der Waals surface area contributed by atoms with Gasteiger partial charge in [0.15, 0.2) is 0 Å². The Balaban J connectivity index is 1.80. The van der Waals surface area contributed by atoms with Crippen LogP contribution in [0.2, 0.25) is 0 Å². The fourth-order valence-electron chi connectivity index (χ4n) is 4.15. The highest BCUT2D eigenvalue weighted by Crippen LogP contribution is 2.28. The first kappa shape index (κ1) is 24.1. The van der Waals surface area contributed by atoms with Gasteiger partial charge < -0.3 is 15.2 Å². The molecular formula is C25H37N3O4. The molecule has 1 aromatic carbocycles. The molecule has 0 saturated carbocycles. The lowest BCUT2D eigenvalue weighted by molar-refractivity contribution is -0.128. The molecule has 0 saturated heterocycles. The van der Waals surface area contributed by atoms with Crippen molar-refractivity contribution in [1.29, 1.82) is 0 Å². The summed E-state index contributed by atoms with van der Waals surface area (Å²) in [4.78, 5) is 30.3. The van der Waals surface area contributed by atoms with Crippen LogP contribution in [0.25, 0.3) is 0 Å². The summed E-state index contributed by atoms with van der Waals surface area (Å²) in [6.45, 7) is 12.5. The predicted molar refractivity (Wildman–Crippen MR) is 124 cm³/mol. The van der Waals surface area contributed by atoms with Gasteiger partial charge in [-0.2, -0.15) is 0 Å². The number of aromatic hydroxyl groups is 1. The van der Waals surface area contributed by atoms with Gasteiger partial charge in [-0.15, -0.1) is 0 Å². The molecule has 176 valence electrons. The van der Waals surface area contributed by atoms with Crippen LogP contribution < -0.4 is 5.32 Å². The zero-order valence-electron chi connectivity index (χ0n) is 19.9. The van der Waals surface area contributed by atoms with Crippen molar-refractivity contribution in [3.05, 3.63) is 41.5 Å². The summed E-state index contributed by atoms with van der Waals surface area (Å²) in [5.41, 5.74) is 1.13. The summed E-state index contributed by atoms with van der Waals surface area (Å²) in [5, 5.41) is 13.1. The molecule has 2 aliphatic heterocycles. The number of nitrogens with one attached hydrogen (secondary N) is 1. The van der Waals surface area contributed by atoms with E-state index in [0.717, 1.165) is 37.2 Å². The third-order valence-electron chi connectivity index (χ3n) is 5.98. The summed E-state index contributed by atoms with van der Waals surface area (Å²) in [6.07, 6.45) is 5.25. The number of carbonyl (C=O) groups is 2. The molecule has 2 atom stereocenters. The Kier molecular flexibility index (Phi) is 7.49. The van der Waals surface area contributed by atoms with Crippen molar-refractivity contribution >= 4 is 12.0 Å². The molecule has 0 bridgehead atoms. The first-order chi connectivity index (χ1) is 15.0. The summed E-state index contributed by atoms with van der Waals surface area (Å²) < 4.78 is 5.61. The number of ether oxygens (including phenoxy) is 1. The second-order valence-electron chi connectivity index (χ2n) is 10.2. The van der Waals surface area contributed by atoms with Crippen LogP contribution >= 0.6 is 0 Å².